The molecule has 1 saturated carbocycles. The molecule has 1 aliphatic carbocycles. The number of ether oxygens (including phenoxy) is 3. The molecule has 0 aromatic rings. The molecule has 1 aliphatic rings. The Bertz CT molecular complexity index is 257. The van der Waals surface area contributed by atoms with Gasteiger partial charge in [-0.15, -0.1) is 0 Å². The zero-order valence-electron chi connectivity index (χ0n) is 10.2. The highest BCUT2D eigenvalue weighted by Crippen LogP contribution is 2.27. The van der Waals surface area contributed by atoms with Gasteiger partial charge in [-0.3, -0.25) is 0 Å². The number of hydrogen-bond acceptors (Lipinski definition) is 4. The van der Waals surface area contributed by atoms with E-state index in [1.165, 1.54) is 0 Å². The van der Waals surface area contributed by atoms with Gasteiger partial charge in [-0.25, -0.2) is 4.79 Å². The second-order valence-corrected chi connectivity index (χ2v) is 5.01. The summed E-state index contributed by atoms with van der Waals surface area (Å²) >= 11 is 0. The maximum atomic E-state index is 11.8. The van der Waals surface area contributed by atoms with E-state index in [4.69, 9.17) is 9.47 Å². The molecule has 0 heterocycles. The van der Waals surface area contributed by atoms with Gasteiger partial charge in [0.05, 0.1) is 12.2 Å². The van der Waals surface area contributed by atoms with Gasteiger partial charge in [0.1, 0.15) is 12.2 Å². The second kappa shape index (κ2) is 5.73. The van der Waals surface area contributed by atoms with Crippen molar-refractivity contribution < 1.29 is 27.8 Å². The van der Waals surface area contributed by atoms with Crippen LogP contribution in [0, 0.1) is 0 Å². The minimum atomic E-state index is -2.74. The zero-order chi connectivity index (χ0) is 13.1. The monoisotopic (exact) mass is 252 g/mol. The molecule has 17 heavy (non-hydrogen) atoms. The molecule has 0 aromatic carbocycles. The van der Waals surface area contributed by atoms with Crippen molar-refractivity contribution in [2.24, 2.45) is 0 Å². The van der Waals surface area contributed by atoms with E-state index in [0.29, 0.717) is 12.8 Å². The standard InChI is InChI=1S/C11H18F2O4/c1-11(2,3)17-9(14)6-15-7-4-8(5-7)16-10(12)13/h7-8,10H,4-6H2,1-3H3. The van der Waals surface area contributed by atoms with Gasteiger partial charge in [-0.05, 0) is 20.8 Å². The lowest BCUT2D eigenvalue weighted by Gasteiger charge is -2.34. The molecule has 100 valence electrons. The Hall–Kier alpha value is -0.750. The van der Waals surface area contributed by atoms with Crippen molar-refractivity contribution in [1.82, 2.24) is 0 Å². The molecule has 0 unspecified atom stereocenters. The number of halogens is 2. The average Bonchev–Trinajstić information content (AvgIpc) is 2.04. The van der Waals surface area contributed by atoms with Crippen molar-refractivity contribution in [3.05, 3.63) is 0 Å². The van der Waals surface area contributed by atoms with Crippen LogP contribution in [0.1, 0.15) is 33.6 Å². The van der Waals surface area contributed by atoms with E-state index < -0.39 is 24.3 Å². The molecule has 0 N–H and O–H groups in total. The van der Waals surface area contributed by atoms with Crippen LogP contribution in [0.15, 0.2) is 0 Å². The number of rotatable bonds is 5. The first-order valence-electron chi connectivity index (χ1n) is 5.53. The minimum absolute atomic E-state index is 0.149. The predicted molar refractivity (Wildman–Crippen MR) is 55.7 cm³/mol. The van der Waals surface area contributed by atoms with Crippen LogP contribution in [0.3, 0.4) is 0 Å². The number of hydrogen-bond donors (Lipinski definition) is 0. The Kier molecular flexibility index (Phi) is 4.82. The molecule has 4 nitrogen and oxygen atoms in total. The Balaban J connectivity index is 2.08. The number of esters is 1. The van der Waals surface area contributed by atoms with Crippen molar-refractivity contribution in [3.63, 3.8) is 0 Å². The van der Waals surface area contributed by atoms with Crippen molar-refractivity contribution >= 4 is 5.97 Å². The largest absolute Gasteiger partial charge is 0.458 e. The average molecular weight is 252 g/mol. The summed E-state index contributed by atoms with van der Waals surface area (Å²) < 4.78 is 38.1. The van der Waals surface area contributed by atoms with Crippen molar-refractivity contribution in [3.8, 4) is 0 Å². The van der Waals surface area contributed by atoms with Crippen LogP contribution in [-0.2, 0) is 19.0 Å². The normalized spacial score (nSPS) is 24.6. The highest BCUT2D eigenvalue weighted by atomic mass is 19.3. The van der Waals surface area contributed by atoms with E-state index in [9.17, 15) is 13.6 Å². The Labute approximate surface area is 99.2 Å². The fourth-order valence-corrected chi connectivity index (χ4v) is 1.47. The lowest BCUT2D eigenvalue weighted by atomic mass is 9.92. The Morgan fingerprint density at radius 2 is 1.88 bits per heavy atom. The highest BCUT2D eigenvalue weighted by Gasteiger charge is 2.33. The van der Waals surface area contributed by atoms with Crippen molar-refractivity contribution in [1.29, 1.82) is 0 Å². The molecule has 0 bridgehead atoms. The van der Waals surface area contributed by atoms with Crippen LogP contribution in [0.4, 0.5) is 8.78 Å². The van der Waals surface area contributed by atoms with Crippen LogP contribution < -0.4 is 0 Å². The summed E-state index contributed by atoms with van der Waals surface area (Å²) in [5.41, 5.74) is -0.540. The van der Waals surface area contributed by atoms with Gasteiger partial charge in [0.15, 0.2) is 0 Å². The van der Waals surface area contributed by atoms with Crippen molar-refractivity contribution in [2.75, 3.05) is 6.61 Å². The first-order chi connectivity index (χ1) is 7.76. The Morgan fingerprint density at radius 1 is 1.29 bits per heavy atom. The molecular weight excluding hydrogens is 234 g/mol. The molecule has 0 aliphatic heterocycles. The number of carbonyl (C=O) groups is 1. The van der Waals surface area contributed by atoms with Gasteiger partial charge in [0, 0.05) is 12.8 Å². The van der Waals surface area contributed by atoms with Crippen molar-refractivity contribution in [2.45, 2.75) is 58.0 Å². The third kappa shape index (κ3) is 5.93. The summed E-state index contributed by atoms with van der Waals surface area (Å²) in [6.45, 7) is 2.40. The van der Waals surface area contributed by atoms with Gasteiger partial charge in [0.2, 0.25) is 0 Å². The van der Waals surface area contributed by atoms with Gasteiger partial charge in [-0.1, -0.05) is 0 Å². The number of alkyl halides is 2. The highest BCUT2D eigenvalue weighted by molar-refractivity contribution is 5.71. The lowest BCUT2D eigenvalue weighted by molar-refractivity contribution is -0.210. The van der Waals surface area contributed by atoms with Crippen LogP contribution in [0.5, 0.6) is 0 Å². The first-order valence-corrected chi connectivity index (χ1v) is 5.53. The quantitative estimate of drug-likeness (QED) is 0.703. The smallest absolute Gasteiger partial charge is 0.345 e. The van der Waals surface area contributed by atoms with Crippen LogP contribution in [-0.4, -0.2) is 37.0 Å². The lowest BCUT2D eigenvalue weighted by Crippen LogP contribution is -2.40. The molecule has 1 fully saturated rings. The maximum Gasteiger partial charge on any atom is 0.345 e. The van der Waals surface area contributed by atoms with Crippen LogP contribution in [0.2, 0.25) is 0 Å². The fourth-order valence-electron chi connectivity index (χ4n) is 1.47. The van der Waals surface area contributed by atoms with E-state index in [1.807, 2.05) is 0 Å². The molecular formula is C11H18F2O4. The third-order valence-electron chi connectivity index (χ3n) is 2.20. The topological polar surface area (TPSA) is 44.8 Å². The van der Waals surface area contributed by atoms with E-state index in [-0.39, 0.29) is 12.7 Å². The van der Waals surface area contributed by atoms with Crippen LogP contribution in [0.25, 0.3) is 0 Å². The molecule has 6 heteroatoms. The summed E-state index contributed by atoms with van der Waals surface area (Å²) in [6, 6.07) is 0. The summed E-state index contributed by atoms with van der Waals surface area (Å²) in [7, 11) is 0. The number of carbonyl (C=O) groups excluding carboxylic acids is 1. The van der Waals surface area contributed by atoms with Gasteiger partial charge < -0.3 is 14.2 Å². The molecule has 0 atom stereocenters. The van der Waals surface area contributed by atoms with E-state index in [0.717, 1.165) is 0 Å². The summed E-state index contributed by atoms with van der Waals surface area (Å²) in [5.74, 6) is -0.448. The Morgan fingerprint density at radius 3 is 2.35 bits per heavy atom. The maximum absolute atomic E-state index is 11.8. The summed E-state index contributed by atoms with van der Waals surface area (Å²) in [4.78, 5) is 11.3. The van der Waals surface area contributed by atoms with Gasteiger partial charge >= 0.3 is 12.6 Å². The predicted octanol–water partition coefficient (Wildman–Crippen LogP) is 2.11. The van der Waals surface area contributed by atoms with E-state index in [2.05, 4.69) is 4.74 Å². The van der Waals surface area contributed by atoms with E-state index >= 15 is 0 Å². The SMILES string of the molecule is CC(C)(C)OC(=O)COC1CC(OC(F)F)C1. The molecule has 1 rings (SSSR count). The van der Waals surface area contributed by atoms with Crippen LogP contribution >= 0.6 is 0 Å². The fraction of sp³-hybridized carbons (Fsp3) is 0.909. The summed E-state index contributed by atoms with van der Waals surface area (Å²) in [5, 5.41) is 0. The first kappa shape index (κ1) is 14.3. The minimum Gasteiger partial charge on any atom is -0.458 e. The molecule has 0 amide bonds. The van der Waals surface area contributed by atoms with E-state index in [1.54, 1.807) is 20.8 Å². The van der Waals surface area contributed by atoms with Gasteiger partial charge in [0.25, 0.3) is 0 Å². The molecule has 0 spiro atoms. The van der Waals surface area contributed by atoms with Gasteiger partial charge in [-0.2, -0.15) is 8.78 Å². The summed E-state index contributed by atoms with van der Waals surface area (Å²) in [6.07, 6.45) is 0.144. The third-order valence-corrected chi connectivity index (χ3v) is 2.20. The molecule has 0 radical (unpaired) electrons. The zero-order valence-corrected chi connectivity index (χ0v) is 10.2. The molecule has 0 saturated heterocycles. The second-order valence-electron chi connectivity index (χ2n) is 5.01. The molecule has 0 aromatic heterocycles.